The van der Waals surface area contributed by atoms with E-state index in [4.69, 9.17) is 4.74 Å². The summed E-state index contributed by atoms with van der Waals surface area (Å²) in [7, 11) is -3.60. The maximum absolute atomic E-state index is 13.0. The third-order valence-electron chi connectivity index (χ3n) is 6.37. The van der Waals surface area contributed by atoms with E-state index in [1.807, 2.05) is 0 Å². The predicted octanol–water partition coefficient (Wildman–Crippen LogP) is 3.81. The largest absolute Gasteiger partial charge is 0.379 e. The summed E-state index contributed by atoms with van der Waals surface area (Å²) < 4.78 is 32.8. The van der Waals surface area contributed by atoms with Crippen LogP contribution < -0.4 is 5.32 Å². The topological polar surface area (TPSA) is 75.7 Å². The summed E-state index contributed by atoms with van der Waals surface area (Å²) in [5.41, 5.74) is 1.51. The molecule has 7 heteroatoms. The molecule has 1 aromatic carbocycles. The van der Waals surface area contributed by atoms with Crippen molar-refractivity contribution in [3.8, 4) is 0 Å². The summed E-state index contributed by atoms with van der Waals surface area (Å²) >= 11 is 0. The Hall–Kier alpha value is -1.44. The highest BCUT2D eigenvalue weighted by Gasteiger charge is 2.33. The number of morpholine rings is 1. The van der Waals surface area contributed by atoms with Crippen molar-refractivity contribution in [2.45, 2.75) is 58.3 Å². The molecule has 0 aromatic heterocycles. The van der Waals surface area contributed by atoms with Gasteiger partial charge >= 0.3 is 0 Å². The zero-order chi connectivity index (χ0) is 21.2. The number of carbonyl (C=O) groups excluding carboxylic acids is 1. The molecule has 6 nitrogen and oxygen atoms in total. The highest BCUT2D eigenvalue weighted by atomic mass is 32.2. The maximum atomic E-state index is 13.0. The van der Waals surface area contributed by atoms with E-state index < -0.39 is 10.0 Å². The minimum absolute atomic E-state index is 0.00377. The number of rotatable bonds is 4. The van der Waals surface area contributed by atoms with Crippen LogP contribution in [-0.4, -0.2) is 44.9 Å². The lowest BCUT2D eigenvalue weighted by molar-refractivity contribution is -0.121. The number of hydrogen-bond acceptors (Lipinski definition) is 4. The number of benzene rings is 1. The molecule has 0 unspecified atom stereocenters. The number of nitrogens with one attached hydrogen (secondary N) is 1. The molecule has 1 heterocycles. The fourth-order valence-corrected chi connectivity index (χ4v) is 6.01. The van der Waals surface area contributed by atoms with Gasteiger partial charge in [0, 0.05) is 24.7 Å². The number of carbonyl (C=O) groups is 1. The summed E-state index contributed by atoms with van der Waals surface area (Å²) in [5.74, 6) is 0.640. The predicted molar refractivity (Wildman–Crippen MR) is 114 cm³/mol. The molecule has 0 bridgehead atoms. The van der Waals surface area contributed by atoms with Crippen molar-refractivity contribution in [2.75, 3.05) is 31.6 Å². The first kappa shape index (κ1) is 22.2. The molecule has 3 rings (SSSR count). The number of hydrogen-bond donors (Lipinski definition) is 1. The SMILES string of the molecule is Cc1ccc(NC(=O)C2CCC(C(C)(C)C)CC2)cc1S(=O)(=O)N1CCOCC1. The van der Waals surface area contributed by atoms with Gasteiger partial charge in [-0.15, -0.1) is 0 Å². The van der Waals surface area contributed by atoms with E-state index in [-0.39, 0.29) is 22.1 Å². The third-order valence-corrected chi connectivity index (χ3v) is 8.41. The fraction of sp³-hybridized carbons (Fsp3) is 0.682. The van der Waals surface area contributed by atoms with Crippen LogP contribution in [0.25, 0.3) is 0 Å². The van der Waals surface area contributed by atoms with Crippen LogP contribution in [0, 0.1) is 24.2 Å². The van der Waals surface area contributed by atoms with Crippen molar-refractivity contribution < 1.29 is 17.9 Å². The van der Waals surface area contributed by atoms with Gasteiger partial charge in [0.15, 0.2) is 0 Å². The highest BCUT2D eigenvalue weighted by molar-refractivity contribution is 7.89. The van der Waals surface area contributed by atoms with Crippen LogP contribution in [-0.2, 0) is 19.6 Å². The van der Waals surface area contributed by atoms with E-state index in [0.29, 0.717) is 43.5 Å². The molecule has 2 aliphatic rings. The monoisotopic (exact) mass is 422 g/mol. The number of anilines is 1. The molecule has 0 radical (unpaired) electrons. The molecular formula is C22H34N2O4S. The lowest BCUT2D eigenvalue weighted by atomic mass is 9.69. The van der Waals surface area contributed by atoms with Crippen LogP contribution in [0.5, 0.6) is 0 Å². The number of aryl methyl sites for hydroxylation is 1. The van der Waals surface area contributed by atoms with E-state index in [2.05, 4.69) is 26.1 Å². The average Bonchev–Trinajstić information content (AvgIpc) is 2.69. The molecule has 1 N–H and O–H groups in total. The molecule has 0 atom stereocenters. The maximum Gasteiger partial charge on any atom is 0.243 e. The lowest BCUT2D eigenvalue weighted by Crippen LogP contribution is -2.40. The van der Waals surface area contributed by atoms with Crippen molar-refractivity contribution in [1.82, 2.24) is 4.31 Å². The minimum atomic E-state index is -3.60. The van der Waals surface area contributed by atoms with Crippen LogP contribution in [0.15, 0.2) is 23.1 Å². The van der Waals surface area contributed by atoms with E-state index >= 15 is 0 Å². The Bertz CT molecular complexity index is 831. The first-order valence-electron chi connectivity index (χ1n) is 10.6. The van der Waals surface area contributed by atoms with Crippen LogP contribution in [0.4, 0.5) is 5.69 Å². The molecule has 1 aliphatic carbocycles. The molecular weight excluding hydrogens is 388 g/mol. The normalized spacial score (nSPS) is 24.3. The van der Waals surface area contributed by atoms with Gasteiger partial charge in [-0.05, 0) is 61.6 Å². The van der Waals surface area contributed by atoms with Crippen molar-refractivity contribution in [3.63, 3.8) is 0 Å². The third kappa shape index (κ3) is 5.19. The van der Waals surface area contributed by atoms with Gasteiger partial charge in [0.1, 0.15) is 0 Å². The number of nitrogens with zero attached hydrogens (tertiary/aromatic N) is 1. The molecule has 1 saturated carbocycles. The minimum Gasteiger partial charge on any atom is -0.379 e. The van der Waals surface area contributed by atoms with Gasteiger partial charge in [-0.3, -0.25) is 4.79 Å². The second-order valence-electron chi connectivity index (χ2n) is 9.40. The summed E-state index contributed by atoms with van der Waals surface area (Å²) in [4.78, 5) is 13.0. The first-order chi connectivity index (χ1) is 13.6. The Balaban J connectivity index is 1.69. The number of sulfonamides is 1. The van der Waals surface area contributed by atoms with Gasteiger partial charge < -0.3 is 10.1 Å². The van der Waals surface area contributed by atoms with Gasteiger partial charge in [-0.2, -0.15) is 4.31 Å². The Labute approximate surface area is 175 Å². The average molecular weight is 423 g/mol. The summed E-state index contributed by atoms with van der Waals surface area (Å²) in [6.45, 7) is 10.1. The van der Waals surface area contributed by atoms with Gasteiger partial charge in [-0.1, -0.05) is 26.8 Å². The molecule has 1 amide bonds. The van der Waals surface area contributed by atoms with Gasteiger partial charge in [0.05, 0.1) is 18.1 Å². The van der Waals surface area contributed by atoms with E-state index in [1.165, 1.54) is 4.31 Å². The zero-order valence-corrected chi connectivity index (χ0v) is 18.8. The van der Waals surface area contributed by atoms with Crippen LogP contribution in [0.1, 0.15) is 52.0 Å². The second kappa shape index (κ2) is 8.74. The second-order valence-corrected chi connectivity index (χ2v) is 11.3. The van der Waals surface area contributed by atoms with Crippen molar-refractivity contribution >= 4 is 21.6 Å². The molecule has 162 valence electrons. The summed E-state index contributed by atoms with van der Waals surface area (Å²) in [6.07, 6.45) is 3.90. The molecule has 1 aliphatic heterocycles. The van der Waals surface area contributed by atoms with Crippen molar-refractivity contribution in [2.24, 2.45) is 17.3 Å². The molecule has 29 heavy (non-hydrogen) atoms. The van der Waals surface area contributed by atoms with Crippen LogP contribution in [0.2, 0.25) is 0 Å². The van der Waals surface area contributed by atoms with Crippen molar-refractivity contribution in [3.05, 3.63) is 23.8 Å². The van der Waals surface area contributed by atoms with E-state index in [9.17, 15) is 13.2 Å². The van der Waals surface area contributed by atoms with Crippen LogP contribution >= 0.6 is 0 Å². The van der Waals surface area contributed by atoms with Crippen molar-refractivity contribution in [1.29, 1.82) is 0 Å². The Morgan fingerprint density at radius 3 is 2.31 bits per heavy atom. The Morgan fingerprint density at radius 2 is 1.72 bits per heavy atom. The highest BCUT2D eigenvalue weighted by Crippen LogP contribution is 2.40. The number of ether oxygens (including phenoxy) is 1. The molecule has 0 spiro atoms. The molecule has 1 aromatic rings. The van der Waals surface area contributed by atoms with Gasteiger partial charge in [-0.25, -0.2) is 8.42 Å². The Morgan fingerprint density at radius 1 is 1.10 bits per heavy atom. The smallest absolute Gasteiger partial charge is 0.243 e. The molecule has 2 fully saturated rings. The molecule has 1 saturated heterocycles. The summed E-state index contributed by atoms with van der Waals surface area (Å²) in [5, 5.41) is 2.96. The van der Waals surface area contributed by atoms with E-state index in [1.54, 1.807) is 25.1 Å². The zero-order valence-electron chi connectivity index (χ0n) is 18.0. The fourth-order valence-electron chi connectivity index (χ4n) is 4.35. The number of amides is 1. The quantitative estimate of drug-likeness (QED) is 0.801. The Kier molecular flexibility index (Phi) is 6.70. The summed E-state index contributed by atoms with van der Waals surface area (Å²) in [6, 6.07) is 5.14. The van der Waals surface area contributed by atoms with Crippen LogP contribution in [0.3, 0.4) is 0 Å². The lowest BCUT2D eigenvalue weighted by Gasteiger charge is -2.36. The van der Waals surface area contributed by atoms with E-state index in [0.717, 1.165) is 25.7 Å². The van der Waals surface area contributed by atoms with Gasteiger partial charge in [0.2, 0.25) is 15.9 Å². The van der Waals surface area contributed by atoms with Gasteiger partial charge in [0.25, 0.3) is 0 Å². The standard InChI is InChI=1S/C22H34N2O4S/c1-16-5-10-19(15-20(16)29(26,27)24-11-13-28-14-12-24)23-21(25)17-6-8-18(9-7-17)22(2,3)4/h5,10,15,17-18H,6-9,11-14H2,1-4H3,(H,23,25). The first-order valence-corrected chi connectivity index (χ1v) is 12.0.